The van der Waals surface area contributed by atoms with Gasteiger partial charge in [0.25, 0.3) is 0 Å². The molecule has 0 bridgehead atoms. The first-order valence-electron chi connectivity index (χ1n) is 7.74. The van der Waals surface area contributed by atoms with Crippen LogP contribution >= 0.6 is 0 Å². The molecule has 5 heteroatoms. The molecule has 1 saturated heterocycles. The first-order chi connectivity index (χ1) is 9.46. The van der Waals surface area contributed by atoms with Gasteiger partial charge in [0.15, 0.2) is 0 Å². The second kappa shape index (κ2) is 5.72. The van der Waals surface area contributed by atoms with Crippen LogP contribution in [0.3, 0.4) is 0 Å². The Morgan fingerprint density at radius 2 is 1.90 bits per heavy atom. The summed E-state index contributed by atoms with van der Waals surface area (Å²) in [5.41, 5.74) is 4.91. The zero-order valence-corrected chi connectivity index (χ0v) is 12.5. The second-order valence-corrected chi connectivity index (χ2v) is 6.32. The van der Waals surface area contributed by atoms with Crippen LogP contribution in [0.25, 0.3) is 0 Å². The first kappa shape index (κ1) is 15.3. The molecule has 1 aliphatic carbocycles. The van der Waals surface area contributed by atoms with Crippen LogP contribution in [0.1, 0.15) is 46.0 Å². The van der Waals surface area contributed by atoms with Crippen molar-refractivity contribution in [2.45, 2.75) is 52.0 Å². The van der Waals surface area contributed by atoms with Crippen LogP contribution in [0, 0.1) is 17.3 Å². The summed E-state index contributed by atoms with van der Waals surface area (Å²) in [4.78, 5) is 26.1. The number of rotatable bonds is 4. The maximum absolute atomic E-state index is 12.7. The summed E-state index contributed by atoms with van der Waals surface area (Å²) >= 11 is 0. The summed E-state index contributed by atoms with van der Waals surface area (Å²) in [6.45, 7) is 4.89. The van der Waals surface area contributed by atoms with Gasteiger partial charge in [-0.25, -0.2) is 0 Å². The van der Waals surface area contributed by atoms with Crippen molar-refractivity contribution in [2.24, 2.45) is 23.0 Å². The Balaban J connectivity index is 2.16. The van der Waals surface area contributed by atoms with E-state index in [1.807, 2.05) is 0 Å². The summed E-state index contributed by atoms with van der Waals surface area (Å²) in [7, 11) is 0. The van der Waals surface area contributed by atoms with Crippen LogP contribution in [-0.2, 0) is 9.59 Å². The van der Waals surface area contributed by atoms with E-state index in [1.165, 1.54) is 0 Å². The third kappa shape index (κ3) is 2.32. The molecule has 3 atom stereocenters. The molecule has 2 rings (SSSR count). The largest absolute Gasteiger partial charge is 0.480 e. The quantitative estimate of drug-likeness (QED) is 0.765. The molecule has 1 amide bonds. The van der Waals surface area contributed by atoms with Crippen molar-refractivity contribution in [3.05, 3.63) is 0 Å². The molecule has 3 N–H and O–H groups in total. The van der Waals surface area contributed by atoms with Gasteiger partial charge in [0.05, 0.1) is 0 Å². The van der Waals surface area contributed by atoms with Gasteiger partial charge in [-0.1, -0.05) is 20.3 Å². The first-order valence-corrected chi connectivity index (χ1v) is 7.74. The van der Waals surface area contributed by atoms with Crippen molar-refractivity contribution in [1.82, 2.24) is 4.90 Å². The number of carboxylic acid groups (broad SMARTS) is 1. The molecule has 0 spiro atoms. The minimum Gasteiger partial charge on any atom is -0.480 e. The molecule has 0 radical (unpaired) electrons. The Morgan fingerprint density at radius 1 is 1.25 bits per heavy atom. The van der Waals surface area contributed by atoms with Crippen molar-refractivity contribution >= 4 is 11.9 Å². The molecule has 2 fully saturated rings. The maximum atomic E-state index is 12.7. The second-order valence-electron chi connectivity index (χ2n) is 6.32. The third-order valence-corrected chi connectivity index (χ3v) is 5.47. The van der Waals surface area contributed by atoms with E-state index in [9.17, 15) is 14.7 Å². The monoisotopic (exact) mass is 282 g/mol. The molecule has 20 heavy (non-hydrogen) atoms. The molecule has 0 aromatic rings. The fraction of sp³-hybridized carbons (Fsp3) is 0.867. The highest BCUT2D eigenvalue weighted by Crippen LogP contribution is 2.38. The van der Waals surface area contributed by atoms with Crippen molar-refractivity contribution in [1.29, 1.82) is 0 Å². The van der Waals surface area contributed by atoms with E-state index in [-0.39, 0.29) is 11.9 Å². The number of fused-ring (bicyclic) bond motifs is 1. The van der Waals surface area contributed by atoms with Crippen LogP contribution in [0.4, 0.5) is 0 Å². The number of aliphatic carboxylic acids is 1. The molecular formula is C15H26N2O3. The number of carboxylic acids is 1. The lowest BCUT2D eigenvalue weighted by Gasteiger charge is -2.31. The highest BCUT2D eigenvalue weighted by molar-refractivity contribution is 6.01. The van der Waals surface area contributed by atoms with Crippen molar-refractivity contribution < 1.29 is 14.7 Å². The van der Waals surface area contributed by atoms with Crippen LogP contribution in [0.2, 0.25) is 0 Å². The molecule has 0 aromatic heterocycles. The van der Waals surface area contributed by atoms with Gasteiger partial charge in [-0.2, -0.15) is 0 Å². The van der Waals surface area contributed by atoms with Crippen LogP contribution < -0.4 is 5.73 Å². The number of nitrogens with two attached hydrogens (primary N) is 1. The van der Waals surface area contributed by atoms with E-state index in [2.05, 4.69) is 0 Å². The van der Waals surface area contributed by atoms with Crippen LogP contribution in [0.15, 0.2) is 0 Å². The van der Waals surface area contributed by atoms with Gasteiger partial charge in [0.1, 0.15) is 5.41 Å². The summed E-state index contributed by atoms with van der Waals surface area (Å²) in [5.74, 6) is -0.390. The highest BCUT2D eigenvalue weighted by Gasteiger charge is 2.49. The molecule has 1 saturated carbocycles. The van der Waals surface area contributed by atoms with E-state index in [0.29, 0.717) is 37.8 Å². The lowest BCUT2D eigenvalue weighted by molar-refractivity contribution is -0.161. The molecular weight excluding hydrogens is 256 g/mol. The fourth-order valence-corrected chi connectivity index (χ4v) is 3.93. The van der Waals surface area contributed by atoms with Gasteiger partial charge in [0.2, 0.25) is 5.91 Å². The topological polar surface area (TPSA) is 83.6 Å². The number of hydrogen-bond acceptors (Lipinski definition) is 3. The normalized spacial score (nSPS) is 30.1. The predicted octanol–water partition coefficient (Wildman–Crippen LogP) is 1.46. The lowest BCUT2D eigenvalue weighted by Crippen LogP contribution is -2.47. The number of carbonyl (C=O) groups is 2. The number of amides is 1. The summed E-state index contributed by atoms with van der Waals surface area (Å²) < 4.78 is 0. The van der Waals surface area contributed by atoms with Crippen LogP contribution in [0.5, 0.6) is 0 Å². The fourth-order valence-electron chi connectivity index (χ4n) is 3.93. The minimum atomic E-state index is -1.25. The average molecular weight is 282 g/mol. The standard InChI is InChI=1S/C15H26N2O3/c1-3-15(4-2,14(19)20)13(18)17-8-10-6-5-7-12(16)11(10)9-17/h10-12H,3-9,16H2,1-2H3,(H,19,20). The summed E-state index contributed by atoms with van der Waals surface area (Å²) in [6, 6.07) is 0.161. The Labute approximate surface area is 120 Å². The van der Waals surface area contributed by atoms with Gasteiger partial charge in [0, 0.05) is 19.1 Å². The molecule has 114 valence electrons. The van der Waals surface area contributed by atoms with E-state index >= 15 is 0 Å². The minimum absolute atomic E-state index is 0.161. The van der Waals surface area contributed by atoms with E-state index in [4.69, 9.17) is 5.73 Å². The predicted molar refractivity (Wildman–Crippen MR) is 76.0 cm³/mol. The van der Waals surface area contributed by atoms with Gasteiger partial charge in [-0.05, 0) is 37.5 Å². The van der Waals surface area contributed by atoms with Crippen molar-refractivity contribution in [3.8, 4) is 0 Å². The zero-order chi connectivity index (χ0) is 14.9. The van der Waals surface area contributed by atoms with Crippen molar-refractivity contribution in [2.75, 3.05) is 13.1 Å². The molecule has 1 heterocycles. The van der Waals surface area contributed by atoms with Crippen LogP contribution in [-0.4, -0.2) is 41.0 Å². The van der Waals surface area contributed by atoms with Gasteiger partial charge in [-0.3, -0.25) is 9.59 Å². The lowest BCUT2D eigenvalue weighted by atomic mass is 9.78. The van der Waals surface area contributed by atoms with E-state index in [0.717, 1.165) is 19.3 Å². The molecule has 0 aromatic carbocycles. The highest BCUT2D eigenvalue weighted by atomic mass is 16.4. The zero-order valence-electron chi connectivity index (χ0n) is 12.5. The van der Waals surface area contributed by atoms with Gasteiger partial charge >= 0.3 is 5.97 Å². The Bertz CT molecular complexity index is 393. The number of carbonyl (C=O) groups excluding carboxylic acids is 1. The van der Waals surface area contributed by atoms with Crippen molar-refractivity contribution in [3.63, 3.8) is 0 Å². The Morgan fingerprint density at radius 3 is 2.40 bits per heavy atom. The van der Waals surface area contributed by atoms with Gasteiger partial charge in [-0.15, -0.1) is 0 Å². The maximum Gasteiger partial charge on any atom is 0.319 e. The molecule has 3 unspecified atom stereocenters. The van der Waals surface area contributed by atoms with E-state index in [1.54, 1.807) is 18.7 Å². The van der Waals surface area contributed by atoms with E-state index < -0.39 is 11.4 Å². The Hall–Kier alpha value is -1.10. The smallest absolute Gasteiger partial charge is 0.319 e. The third-order valence-electron chi connectivity index (χ3n) is 5.47. The van der Waals surface area contributed by atoms with Gasteiger partial charge < -0.3 is 15.7 Å². The molecule has 2 aliphatic rings. The number of hydrogen-bond donors (Lipinski definition) is 2. The molecule has 5 nitrogen and oxygen atoms in total. The Kier molecular flexibility index (Phi) is 4.37. The number of likely N-dealkylation sites (tertiary alicyclic amines) is 1. The average Bonchev–Trinajstić information content (AvgIpc) is 2.85. The summed E-state index contributed by atoms with van der Waals surface area (Å²) in [6.07, 6.45) is 3.94. The summed E-state index contributed by atoms with van der Waals surface area (Å²) in [5, 5.41) is 9.49. The SMILES string of the molecule is CCC(CC)(C(=O)O)C(=O)N1CC2CCCC(N)C2C1. The number of nitrogens with zero attached hydrogens (tertiary/aromatic N) is 1. The molecule has 1 aliphatic heterocycles.